The molecule has 1 fully saturated rings. The number of carbonyl (C=O) groups is 2. The third-order valence-corrected chi connectivity index (χ3v) is 7.17. The Morgan fingerprint density at radius 3 is 2.21 bits per heavy atom. The van der Waals surface area contributed by atoms with Crippen molar-refractivity contribution in [1.82, 2.24) is 4.90 Å². The number of carboxylic acids is 1. The van der Waals surface area contributed by atoms with E-state index in [1.165, 1.54) is 6.92 Å². The second-order valence-electron chi connectivity index (χ2n) is 10.4. The summed E-state index contributed by atoms with van der Waals surface area (Å²) in [6, 6.07) is -0.731. The van der Waals surface area contributed by atoms with E-state index < -0.39 is 47.3 Å². The van der Waals surface area contributed by atoms with E-state index in [0.29, 0.717) is 13.0 Å². The Morgan fingerprint density at radius 2 is 1.73 bits per heavy atom. The molecule has 1 saturated heterocycles. The molecular weight excluding hydrogens is 598 g/mol. The molecule has 0 bridgehead atoms. The summed E-state index contributed by atoms with van der Waals surface area (Å²) in [4.78, 5) is 26.0. The van der Waals surface area contributed by atoms with Crippen LogP contribution in [-0.4, -0.2) is 79.8 Å². The third kappa shape index (κ3) is 8.88. The third-order valence-electron chi connectivity index (χ3n) is 7.17. The molecule has 4 N–H and O–H groups in total. The smallest absolute Gasteiger partial charge is 0.317 e. The molecule has 33 heavy (non-hydrogen) atoms. The zero-order valence-electron chi connectivity index (χ0n) is 21.3. The fourth-order valence-corrected chi connectivity index (χ4v) is 4.92. The molecule has 8 nitrogen and oxygen atoms in total. The van der Waals surface area contributed by atoms with Gasteiger partial charge in [-0.2, -0.15) is 5.92 Å². The Balaban J connectivity index is 0.0000102. The predicted molar refractivity (Wildman–Crippen MR) is 122 cm³/mol. The van der Waals surface area contributed by atoms with Gasteiger partial charge in [-0.25, -0.2) is 0 Å². The monoisotopic (exact) mass is 642 g/mol. The van der Waals surface area contributed by atoms with Gasteiger partial charge in [-0.3, -0.25) is 20.9 Å². The fraction of sp³-hybridized carbons (Fsp3) is 0.875. The van der Waals surface area contributed by atoms with Gasteiger partial charge in [-0.15, -0.1) is 0 Å². The number of cyclic esters (lactones) is 1. The molecule has 1 aliphatic heterocycles. The van der Waals surface area contributed by atoms with Gasteiger partial charge < -0.3 is 25.2 Å². The van der Waals surface area contributed by atoms with Crippen molar-refractivity contribution in [2.24, 2.45) is 23.7 Å². The molecule has 0 aromatic heterocycles. The van der Waals surface area contributed by atoms with Crippen LogP contribution in [-0.2, 0) is 35.4 Å². The van der Waals surface area contributed by atoms with E-state index in [2.05, 4.69) is 0 Å². The molecule has 1 heterocycles. The fourth-order valence-electron chi connectivity index (χ4n) is 4.92. The number of carboxylic acid groups (broad SMARTS) is 1. The summed E-state index contributed by atoms with van der Waals surface area (Å²) in [7, 11) is 0. The first-order valence-electron chi connectivity index (χ1n) is 11.7. The average Bonchev–Trinajstić information content (AvgIpc) is 2.66. The van der Waals surface area contributed by atoms with Crippen molar-refractivity contribution in [1.29, 1.82) is 0 Å². The van der Waals surface area contributed by atoms with Crippen molar-refractivity contribution in [2.75, 3.05) is 13.1 Å². The number of aliphatic hydroxyl groups excluding tert-OH is 1. The molecule has 0 aromatic rings. The SMILES string of the molecule is CC[C@H]1OC(=O)[C@H](C)[C@@H](C)[C@H](C)[CH-][C@](C)(O)C[C@@H](C)CN(CC(=O)O)[C@H](C)[C@@H](O)[C@]1(C)O.[W]. The Morgan fingerprint density at radius 1 is 1.18 bits per heavy atom. The van der Waals surface area contributed by atoms with Crippen LogP contribution in [0.15, 0.2) is 0 Å². The molecule has 0 aromatic carbocycles. The number of aliphatic carboxylic acids is 1. The molecule has 0 saturated carbocycles. The number of ether oxygens (including phenoxy) is 1. The largest absolute Gasteiger partial charge is 0.480 e. The van der Waals surface area contributed by atoms with Crippen LogP contribution in [0.4, 0.5) is 0 Å². The minimum atomic E-state index is -1.78. The molecule has 0 spiro atoms. The van der Waals surface area contributed by atoms with Gasteiger partial charge in [0.1, 0.15) is 17.8 Å². The van der Waals surface area contributed by atoms with E-state index in [-0.39, 0.29) is 51.8 Å². The van der Waals surface area contributed by atoms with Crippen LogP contribution in [0.5, 0.6) is 0 Å². The molecular formula is C24H44NO7W-. The maximum atomic E-state index is 12.9. The molecule has 9 atom stereocenters. The number of aliphatic hydroxyl groups is 3. The zero-order valence-corrected chi connectivity index (χ0v) is 24.2. The van der Waals surface area contributed by atoms with Gasteiger partial charge >= 0.3 is 11.9 Å². The van der Waals surface area contributed by atoms with Crippen LogP contribution in [0.2, 0.25) is 0 Å². The van der Waals surface area contributed by atoms with Gasteiger partial charge in [-0.1, -0.05) is 53.1 Å². The van der Waals surface area contributed by atoms with Crippen LogP contribution in [0, 0.1) is 30.1 Å². The first-order chi connectivity index (χ1) is 14.5. The van der Waals surface area contributed by atoms with Crippen molar-refractivity contribution >= 4 is 11.9 Å². The second kappa shape index (κ2) is 13.0. The summed E-state index contributed by atoms with van der Waals surface area (Å²) in [5.74, 6) is -2.32. The van der Waals surface area contributed by atoms with Gasteiger partial charge in [0.25, 0.3) is 0 Å². The summed E-state index contributed by atoms with van der Waals surface area (Å²) in [6.07, 6.45) is 0.185. The number of carbonyl (C=O) groups excluding carboxylic acids is 1. The summed E-state index contributed by atoms with van der Waals surface area (Å²) in [6.45, 7) is 14.1. The molecule has 1 rings (SSSR count). The van der Waals surface area contributed by atoms with Crippen LogP contribution in [0.25, 0.3) is 0 Å². The molecule has 194 valence electrons. The van der Waals surface area contributed by atoms with Crippen molar-refractivity contribution in [3.05, 3.63) is 6.42 Å². The van der Waals surface area contributed by atoms with E-state index >= 15 is 0 Å². The van der Waals surface area contributed by atoms with E-state index in [1.807, 2.05) is 27.2 Å². The second-order valence-corrected chi connectivity index (χ2v) is 10.4. The maximum absolute atomic E-state index is 12.9. The van der Waals surface area contributed by atoms with Gasteiger partial charge in [-0.05, 0) is 32.6 Å². The molecule has 0 unspecified atom stereocenters. The molecule has 0 aliphatic carbocycles. The summed E-state index contributed by atoms with van der Waals surface area (Å²) in [5, 5.41) is 42.7. The number of nitrogens with zero attached hydrogens (tertiary/aromatic N) is 1. The van der Waals surface area contributed by atoms with Gasteiger partial charge in [0.2, 0.25) is 0 Å². The number of hydrogen-bond donors (Lipinski definition) is 4. The van der Waals surface area contributed by atoms with Crippen LogP contribution in [0.3, 0.4) is 0 Å². The first kappa shape index (κ1) is 32.5. The molecule has 9 heteroatoms. The average molecular weight is 642 g/mol. The summed E-state index contributed by atoms with van der Waals surface area (Å²) in [5.41, 5.74) is -2.90. The van der Waals surface area contributed by atoms with Gasteiger partial charge in [0.15, 0.2) is 0 Å². The van der Waals surface area contributed by atoms with Gasteiger partial charge in [0, 0.05) is 33.7 Å². The minimum absolute atomic E-state index is 0. The standard InChI is InChI=1S/C24H44NO7.W/c1-9-19-24(8,31)21(28)18(6)25(13-20(26)27)12-14(2)10-23(7,30)11-15(3)16(4)17(5)22(29)32-19;/h11,14-19,21,28,30-31H,9-10,12-13H2,1-8H3,(H,26,27);/q-1;/t14-,15-,16+,17-,18-,19-,21-,23-,24-;/m1./s1. The number of hydrogen-bond acceptors (Lipinski definition) is 7. The van der Waals surface area contributed by atoms with E-state index in [0.717, 1.165) is 0 Å². The minimum Gasteiger partial charge on any atom is -0.480 e. The quantitative estimate of drug-likeness (QED) is 0.273. The van der Waals surface area contributed by atoms with E-state index in [1.54, 1.807) is 32.6 Å². The van der Waals surface area contributed by atoms with Crippen LogP contribution < -0.4 is 0 Å². The molecule has 1 aliphatic rings. The Hall–Kier alpha value is -0.532. The Labute approximate surface area is 213 Å². The van der Waals surface area contributed by atoms with E-state index in [9.17, 15) is 30.0 Å². The van der Waals surface area contributed by atoms with Gasteiger partial charge in [0.05, 0.1) is 12.5 Å². The molecule has 0 radical (unpaired) electrons. The van der Waals surface area contributed by atoms with E-state index in [4.69, 9.17) is 4.74 Å². The van der Waals surface area contributed by atoms with Crippen molar-refractivity contribution in [3.8, 4) is 0 Å². The maximum Gasteiger partial charge on any atom is 0.317 e. The topological polar surface area (TPSA) is 128 Å². The molecule has 0 amide bonds. The first-order valence-corrected chi connectivity index (χ1v) is 11.7. The van der Waals surface area contributed by atoms with Crippen molar-refractivity contribution < 1.29 is 55.8 Å². The van der Waals surface area contributed by atoms with Crippen molar-refractivity contribution in [3.63, 3.8) is 0 Å². The summed E-state index contributed by atoms with van der Waals surface area (Å²) >= 11 is 0. The van der Waals surface area contributed by atoms with Crippen LogP contribution >= 0.6 is 0 Å². The number of esters is 1. The normalized spacial score (nSPS) is 42.4. The summed E-state index contributed by atoms with van der Waals surface area (Å²) < 4.78 is 5.67. The zero-order chi connectivity index (χ0) is 25.0. The Kier molecular flexibility index (Phi) is 12.8. The number of rotatable bonds is 3. The predicted octanol–water partition coefficient (Wildman–Crippen LogP) is 2.10. The van der Waals surface area contributed by atoms with Crippen molar-refractivity contribution in [2.45, 2.75) is 97.7 Å². The van der Waals surface area contributed by atoms with Crippen LogP contribution in [0.1, 0.15) is 68.2 Å². The Bertz CT molecular complexity index is 642.